The van der Waals surface area contributed by atoms with Crippen LogP contribution in [0.4, 0.5) is 0 Å². The number of hydrogen-bond acceptors (Lipinski definition) is 2. The average Bonchev–Trinajstić information content (AvgIpc) is 2.58. The van der Waals surface area contributed by atoms with Gasteiger partial charge < -0.3 is 5.73 Å². The smallest absolute Gasteiger partial charge is 0.225 e. The molecule has 0 aliphatic heterocycles. The molecule has 1 aromatic heterocycles. The first-order valence-corrected chi connectivity index (χ1v) is 8.47. The van der Waals surface area contributed by atoms with Crippen LogP contribution in [0.1, 0.15) is 48.6 Å². The van der Waals surface area contributed by atoms with Crippen molar-refractivity contribution >= 4 is 17.5 Å². The van der Waals surface area contributed by atoms with E-state index in [9.17, 15) is 4.79 Å². The standard InChI is InChI=1S/C19H21ClN2O/c20-17-9-7-15(8-10-17)18(19(21)23)14-5-3-13(4-6-14)16-2-1-11-22-12-16/h1-2,7-14,18H,3-6H2,(H2,21,23). The predicted molar refractivity (Wildman–Crippen MR) is 92.3 cm³/mol. The fourth-order valence-corrected chi connectivity index (χ4v) is 3.87. The maximum absolute atomic E-state index is 12.0. The second-order valence-electron chi connectivity index (χ2n) is 6.33. The first-order chi connectivity index (χ1) is 11.1. The second-order valence-corrected chi connectivity index (χ2v) is 6.77. The Hall–Kier alpha value is -1.87. The van der Waals surface area contributed by atoms with Gasteiger partial charge in [0.25, 0.3) is 0 Å². The molecule has 0 bridgehead atoms. The molecule has 1 aliphatic rings. The summed E-state index contributed by atoms with van der Waals surface area (Å²) in [6.07, 6.45) is 7.93. The third-order valence-corrected chi connectivity index (χ3v) is 5.19. The van der Waals surface area contributed by atoms with E-state index in [1.165, 1.54) is 5.56 Å². The van der Waals surface area contributed by atoms with Crippen LogP contribution in [0, 0.1) is 5.92 Å². The molecular formula is C19H21ClN2O. The minimum atomic E-state index is -0.239. The van der Waals surface area contributed by atoms with Crippen molar-refractivity contribution in [1.29, 1.82) is 0 Å². The number of hydrogen-bond donors (Lipinski definition) is 1. The van der Waals surface area contributed by atoms with E-state index in [1.54, 1.807) is 6.20 Å². The Labute approximate surface area is 141 Å². The normalized spacial score (nSPS) is 22.5. The average molecular weight is 329 g/mol. The number of nitrogens with two attached hydrogens (primary N) is 1. The largest absolute Gasteiger partial charge is 0.369 e. The van der Waals surface area contributed by atoms with Crippen LogP contribution in [-0.4, -0.2) is 10.9 Å². The molecule has 1 aromatic carbocycles. The molecule has 3 nitrogen and oxygen atoms in total. The molecule has 2 aromatic rings. The lowest BCUT2D eigenvalue weighted by Gasteiger charge is -2.33. The molecule has 0 radical (unpaired) electrons. The SMILES string of the molecule is NC(=O)C(c1ccc(Cl)cc1)C1CCC(c2cccnc2)CC1. The number of rotatable bonds is 4. The summed E-state index contributed by atoms with van der Waals surface area (Å²) in [5.41, 5.74) is 7.98. The second kappa shape index (κ2) is 7.14. The van der Waals surface area contributed by atoms with Crippen LogP contribution in [0.15, 0.2) is 48.8 Å². The van der Waals surface area contributed by atoms with E-state index in [-0.39, 0.29) is 11.8 Å². The zero-order valence-electron chi connectivity index (χ0n) is 13.0. The van der Waals surface area contributed by atoms with Gasteiger partial charge in [0.1, 0.15) is 0 Å². The lowest BCUT2D eigenvalue weighted by Crippen LogP contribution is -2.30. The highest BCUT2D eigenvalue weighted by Crippen LogP contribution is 2.41. The van der Waals surface area contributed by atoms with E-state index in [1.807, 2.05) is 36.5 Å². The fourth-order valence-electron chi connectivity index (χ4n) is 3.74. The number of amides is 1. The number of primary amides is 1. The first-order valence-electron chi connectivity index (χ1n) is 8.10. The molecule has 0 spiro atoms. The minimum Gasteiger partial charge on any atom is -0.369 e. The molecule has 1 atom stereocenters. The Morgan fingerprint density at radius 1 is 1.13 bits per heavy atom. The van der Waals surface area contributed by atoms with Gasteiger partial charge in [-0.2, -0.15) is 0 Å². The number of carbonyl (C=O) groups excluding carboxylic acids is 1. The monoisotopic (exact) mass is 328 g/mol. The molecule has 1 aliphatic carbocycles. The lowest BCUT2D eigenvalue weighted by atomic mass is 9.72. The summed E-state index contributed by atoms with van der Waals surface area (Å²) in [4.78, 5) is 16.2. The van der Waals surface area contributed by atoms with Crippen molar-refractivity contribution in [2.45, 2.75) is 37.5 Å². The lowest BCUT2D eigenvalue weighted by molar-refractivity contribution is -0.120. The minimum absolute atomic E-state index is 0.220. The van der Waals surface area contributed by atoms with Gasteiger partial charge in [0.15, 0.2) is 0 Å². The highest BCUT2D eigenvalue weighted by molar-refractivity contribution is 6.30. The molecule has 120 valence electrons. The van der Waals surface area contributed by atoms with E-state index < -0.39 is 0 Å². The molecule has 1 fully saturated rings. The van der Waals surface area contributed by atoms with Crippen LogP contribution in [0.2, 0.25) is 5.02 Å². The highest BCUT2D eigenvalue weighted by atomic mass is 35.5. The Morgan fingerprint density at radius 3 is 2.39 bits per heavy atom. The van der Waals surface area contributed by atoms with Gasteiger partial charge in [0.2, 0.25) is 5.91 Å². The summed E-state index contributed by atoms with van der Waals surface area (Å²) in [7, 11) is 0. The van der Waals surface area contributed by atoms with Crippen molar-refractivity contribution in [1.82, 2.24) is 4.98 Å². The zero-order valence-corrected chi connectivity index (χ0v) is 13.7. The number of benzene rings is 1. The van der Waals surface area contributed by atoms with Crippen molar-refractivity contribution in [3.63, 3.8) is 0 Å². The van der Waals surface area contributed by atoms with E-state index >= 15 is 0 Å². The topological polar surface area (TPSA) is 56.0 Å². The van der Waals surface area contributed by atoms with Crippen molar-refractivity contribution < 1.29 is 4.79 Å². The van der Waals surface area contributed by atoms with E-state index in [4.69, 9.17) is 17.3 Å². The van der Waals surface area contributed by atoms with Gasteiger partial charge in [-0.1, -0.05) is 29.8 Å². The van der Waals surface area contributed by atoms with Gasteiger partial charge in [-0.05, 0) is 66.8 Å². The molecule has 3 rings (SSSR count). The fraction of sp³-hybridized carbons (Fsp3) is 0.368. The molecule has 23 heavy (non-hydrogen) atoms. The predicted octanol–water partition coefficient (Wildman–Crippen LogP) is 4.28. The maximum atomic E-state index is 12.0. The summed E-state index contributed by atoms with van der Waals surface area (Å²) < 4.78 is 0. The number of halogens is 1. The summed E-state index contributed by atoms with van der Waals surface area (Å²) >= 11 is 5.95. The molecule has 1 unspecified atom stereocenters. The van der Waals surface area contributed by atoms with Crippen LogP contribution in [0.3, 0.4) is 0 Å². The number of pyridine rings is 1. The summed E-state index contributed by atoms with van der Waals surface area (Å²) in [6.45, 7) is 0. The maximum Gasteiger partial charge on any atom is 0.225 e. The summed E-state index contributed by atoms with van der Waals surface area (Å²) in [5.74, 6) is 0.388. The van der Waals surface area contributed by atoms with Gasteiger partial charge in [-0.25, -0.2) is 0 Å². The third-order valence-electron chi connectivity index (χ3n) is 4.93. The molecule has 0 saturated heterocycles. The number of aromatic nitrogens is 1. The molecular weight excluding hydrogens is 308 g/mol. The van der Waals surface area contributed by atoms with Crippen LogP contribution < -0.4 is 5.73 Å². The Bertz CT molecular complexity index is 649. The summed E-state index contributed by atoms with van der Waals surface area (Å²) in [5, 5.41) is 0.678. The molecule has 4 heteroatoms. The molecule has 2 N–H and O–H groups in total. The van der Waals surface area contributed by atoms with Gasteiger partial charge in [0, 0.05) is 17.4 Å². The zero-order chi connectivity index (χ0) is 16.2. The third kappa shape index (κ3) is 3.73. The van der Waals surface area contributed by atoms with Crippen LogP contribution >= 0.6 is 11.6 Å². The quantitative estimate of drug-likeness (QED) is 0.910. The van der Waals surface area contributed by atoms with Gasteiger partial charge in [-0.15, -0.1) is 0 Å². The molecule has 1 amide bonds. The Balaban J connectivity index is 1.71. The van der Waals surface area contributed by atoms with Crippen molar-refractivity contribution in [3.8, 4) is 0 Å². The molecule has 1 heterocycles. The number of carbonyl (C=O) groups is 1. The van der Waals surface area contributed by atoms with Crippen LogP contribution in [0.5, 0.6) is 0 Å². The van der Waals surface area contributed by atoms with Gasteiger partial charge in [0.05, 0.1) is 5.92 Å². The number of nitrogens with zero attached hydrogens (tertiary/aromatic N) is 1. The first kappa shape index (κ1) is 16.0. The highest BCUT2D eigenvalue weighted by Gasteiger charge is 2.32. The Kier molecular flexibility index (Phi) is 4.97. The van der Waals surface area contributed by atoms with Crippen molar-refractivity contribution in [3.05, 3.63) is 64.9 Å². The summed E-state index contributed by atoms with van der Waals surface area (Å²) in [6, 6.07) is 11.6. The van der Waals surface area contributed by atoms with E-state index in [0.717, 1.165) is 31.2 Å². The molecule has 1 saturated carbocycles. The van der Waals surface area contributed by atoms with Gasteiger partial charge in [-0.3, -0.25) is 9.78 Å². The Morgan fingerprint density at radius 2 is 1.83 bits per heavy atom. The van der Waals surface area contributed by atoms with Gasteiger partial charge >= 0.3 is 0 Å². The van der Waals surface area contributed by atoms with E-state index in [0.29, 0.717) is 16.9 Å². The van der Waals surface area contributed by atoms with Crippen molar-refractivity contribution in [2.24, 2.45) is 11.7 Å². The van der Waals surface area contributed by atoms with E-state index in [2.05, 4.69) is 11.1 Å². The van der Waals surface area contributed by atoms with Crippen LogP contribution in [-0.2, 0) is 4.79 Å². The van der Waals surface area contributed by atoms with Crippen LogP contribution in [0.25, 0.3) is 0 Å². The van der Waals surface area contributed by atoms with Crippen molar-refractivity contribution in [2.75, 3.05) is 0 Å².